The summed E-state index contributed by atoms with van der Waals surface area (Å²) in [5, 5.41) is 1.18. The molecule has 0 aliphatic heterocycles. The minimum absolute atomic E-state index is 0.0540. The molecule has 0 aliphatic rings. The van der Waals surface area contributed by atoms with E-state index in [9.17, 15) is 4.79 Å². The summed E-state index contributed by atoms with van der Waals surface area (Å²) in [4.78, 5) is 14.4. The highest BCUT2D eigenvalue weighted by Gasteiger charge is 2.15. The van der Waals surface area contributed by atoms with E-state index in [0.717, 1.165) is 10.9 Å². The zero-order valence-corrected chi connectivity index (χ0v) is 8.69. The van der Waals surface area contributed by atoms with Gasteiger partial charge in [0.1, 0.15) is 5.15 Å². The molecular weight excluding hydrogens is 221 g/mol. The van der Waals surface area contributed by atoms with Crippen molar-refractivity contribution in [2.24, 2.45) is 0 Å². The van der Waals surface area contributed by atoms with Crippen LogP contribution in [0.4, 0.5) is 0 Å². The van der Waals surface area contributed by atoms with Crippen LogP contribution >= 0.6 is 23.2 Å². The Morgan fingerprint density at radius 2 is 2.07 bits per heavy atom. The van der Waals surface area contributed by atoms with Crippen LogP contribution in [0, 0.1) is 0 Å². The molecule has 2 nitrogen and oxygen atoms in total. The number of benzene rings is 1. The molecule has 1 aromatic carbocycles. The monoisotopic (exact) mass is 227 g/mol. The van der Waals surface area contributed by atoms with Gasteiger partial charge in [-0.25, -0.2) is 0 Å². The Morgan fingerprint density at radius 3 is 2.79 bits per heavy atom. The third kappa shape index (κ3) is 1.41. The van der Waals surface area contributed by atoms with Crippen LogP contribution in [0.5, 0.6) is 0 Å². The second kappa shape index (κ2) is 3.64. The molecule has 0 bridgehead atoms. The summed E-state index contributed by atoms with van der Waals surface area (Å²) in [5.41, 5.74) is 1.34. The maximum absolute atomic E-state index is 11.5. The number of ketones is 1. The number of aromatic nitrogens is 1. The van der Waals surface area contributed by atoms with Crippen LogP contribution in [0.2, 0.25) is 5.15 Å². The molecule has 0 aliphatic carbocycles. The van der Waals surface area contributed by atoms with Gasteiger partial charge in [0.25, 0.3) is 0 Å². The summed E-state index contributed by atoms with van der Waals surface area (Å²) in [6, 6.07) is 7.45. The Bertz CT molecular complexity index is 490. The van der Waals surface area contributed by atoms with Crippen LogP contribution in [0.15, 0.2) is 24.3 Å². The first-order valence-corrected chi connectivity index (χ1v) is 5.00. The Kier molecular flexibility index (Phi) is 2.48. The van der Waals surface area contributed by atoms with Gasteiger partial charge in [-0.05, 0) is 6.07 Å². The van der Waals surface area contributed by atoms with Gasteiger partial charge >= 0.3 is 0 Å². The molecule has 1 N–H and O–H groups in total. The highest BCUT2D eigenvalue weighted by atomic mass is 35.5. The maximum atomic E-state index is 11.5. The lowest BCUT2D eigenvalue weighted by Gasteiger charge is -1.94. The predicted molar refractivity (Wildman–Crippen MR) is 58.4 cm³/mol. The van der Waals surface area contributed by atoms with E-state index < -0.39 is 0 Å². The second-order valence-corrected chi connectivity index (χ2v) is 3.56. The number of para-hydroxylation sites is 1. The van der Waals surface area contributed by atoms with Crippen LogP contribution in [0.3, 0.4) is 0 Å². The molecule has 0 atom stereocenters. The molecule has 72 valence electrons. The van der Waals surface area contributed by atoms with Gasteiger partial charge < -0.3 is 4.98 Å². The van der Waals surface area contributed by atoms with Crippen molar-refractivity contribution in [3.05, 3.63) is 35.0 Å². The first-order chi connectivity index (χ1) is 6.74. The molecule has 0 saturated heterocycles. The number of nitrogens with one attached hydrogen (secondary N) is 1. The molecular formula is C10H7Cl2NO. The third-order valence-corrected chi connectivity index (χ3v) is 2.59. The lowest BCUT2D eigenvalue weighted by Crippen LogP contribution is -1.99. The Hall–Kier alpha value is -0.990. The van der Waals surface area contributed by atoms with Crippen LogP contribution in [-0.2, 0) is 0 Å². The summed E-state index contributed by atoms with van der Waals surface area (Å²) in [6.07, 6.45) is 0. The normalized spacial score (nSPS) is 10.7. The topological polar surface area (TPSA) is 32.9 Å². The van der Waals surface area contributed by atoms with Crippen molar-refractivity contribution in [1.29, 1.82) is 0 Å². The summed E-state index contributed by atoms with van der Waals surface area (Å²) in [5.74, 6) is -0.212. The van der Waals surface area contributed by atoms with E-state index in [2.05, 4.69) is 4.98 Å². The molecule has 0 unspecified atom stereocenters. The van der Waals surface area contributed by atoms with E-state index in [0.29, 0.717) is 10.7 Å². The van der Waals surface area contributed by atoms with Crippen molar-refractivity contribution in [2.45, 2.75) is 0 Å². The van der Waals surface area contributed by atoms with E-state index in [-0.39, 0.29) is 11.7 Å². The van der Waals surface area contributed by atoms with Crippen LogP contribution in [-0.4, -0.2) is 16.6 Å². The molecule has 14 heavy (non-hydrogen) atoms. The summed E-state index contributed by atoms with van der Waals surface area (Å²) < 4.78 is 0. The molecule has 2 aromatic rings. The average Bonchev–Trinajstić information content (AvgIpc) is 2.53. The molecule has 0 amide bonds. The maximum Gasteiger partial charge on any atom is 0.181 e. The smallest absolute Gasteiger partial charge is 0.181 e. The molecule has 0 fully saturated rings. The van der Waals surface area contributed by atoms with Gasteiger partial charge in [-0.1, -0.05) is 29.8 Å². The number of Topliss-reactive ketones (excluding diaryl/α,β-unsaturated/α-hetero) is 1. The second-order valence-electron chi connectivity index (χ2n) is 2.92. The molecule has 4 heteroatoms. The minimum atomic E-state index is -0.158. The minimum Gasteiger partial charge on any atom is -0.345 e. The average molecular weight is 228 g/mol. The predicted octanol–water partition coefficient (Wildman–Crippen LogP) is 3.24. The number of rotatable bonds is 2. The van der Waals surface area contributed by atoms with Crippen molar-refractivity contribution in [3.8, 4) is 0 Å². The van der Waals surface area contributed by atoms with E-state index in [1.807, 2.05) is 24.3 Å². The lowest BCUT2D eigenvalue weighted by molar-refractivity contribution is 0.102. The zero-order valence-electron chi connectivity index (χ0n) is 7.18. The number of aromatic amines is 1. The van der Waals surface area contributed by atoms with Gasteiger partial charge in [0, 0.05) is 10.9 Å². The number of H-pyrrole nitrogens is 1. The summed E-state index contributed by atoms with van der Waals surface area (Å²) >= 11 is 11.4. The first kappa shape index (κ1) is 9.56. The summed E-state index contributed by atoms with van der Waals surface area (Å²) in [7, 11) is 0. The molecule has 0 radical (unpaired) electrons. The Balaban J connectivity index is 2.74. The number of carbonyl (C=O) groups excluding carboxylic acids is 1. The first-order valence-electron chi connectivity index (χ1n) is 4.09. The Labute approximate surface area is 90.8 Å². The number of halogens is 2. The number of alkyl halides is 1. The summed E-state index contributed by atoms with van der Waals surface area (Å²) in [6.45, 7) is 0. The van der Waals surface area contributed by atoms with E-state index in [4.69, 9.17) is 23.2 Å². The van der Waals surface area contributed by atoms with Gasteiger partial charge in [0.2, 0.25) is 0 Å². The van der Waals surface area contributed by atoms with Gasteiger partial charge in [0.15, 0.2) is 5.78 Å². The van der Waals surface area contributed by atoms with Crippen LogP contribution < -0.4 is 0 Å². The van der Waals surface area contributed by atoms with E-state index in [1.165, 1.54) is 0 Å². The molecule has 0 spiro atoms. The third-order valence-electron chi connectivity index (χ3n) is 2.06. The molecule has 0 saturated carbocycles. The molecule has 1 heterocycles. The van der Waals surface area contributed by atoms with Crippen molar-refractivity contribution in [1.82, 2.24) is 4.98 Å². The molecule has 1 aromatic heterocycles. The van der Waals surface area contributed by atoms with Crippen LogP contribution in [0.25, 0.3) is 10.9 Å². The Morgan fingerprint density at radius 1 is 1.36 bits per heavy atom. The lowest BCUT2D eigenvalue weighted by atomic mass is 10.1. The zero-order chi connectivity index (χ0) is 10.1. The largest absolute Gasteiger partial charge is 0.345 e. The van der Waals surface area contributed by atoms with Crippen molar-refractivity contribution in [3.63, 3.8) is 0 Å². The van der Waals surface area contributed by atoms with E-state index >= 15 is 0 Å². The fourth-order valence-corrected chi connectivity index (χ4v) is 1.89. The van der Waals surface area contributed by atoms with Gasteiger partial charge in [-0.15, -0.1) is 11.6 Å². The van der Waals surface area contributed by atoms with Crippen LogP contribution in [0.1, 0.15) is 10.4 Å². The van der Waals surface area contributed by atoms with Gasteiger partial charge in [0.05, 0.1) is 11.4 Å². The van der Waals surface area contributed by atoms with E-state index in [1.54, 1.807) is 0 Å². The molecule has 2 rings (SSSR count). The van der Waals surface area contributed by atoms with Crippen molar-refractivity contribution in [2.75, 3.05) is 5.88 Å². The quantitative estimate of drug-likeness (QED) is 0.621. The fourth-order valence-electron chi connectivity index (χ4n) is 1.45. The highest BCUT2D eigenvalue weighted by molar-refractivity contribution is 6.39. The van der Waals surface area contributed by atoms with Gasteiger partial charge in [-0.2, -0.15) is 0 Å². The number of hydrogen-bond donors (Lipinski definition) is 1. The fraction of sp³-hybridized carbons (Fsp3) is 0.100. The standard InChI is InChI=1S/C10H7Cl2NO/c11-5-8(14)9-6-3-1-2-4-7(6)13-10(9)12/h1-4,13H,5H2. The SMILES string of the molecule is O=C(CCl)c1c(Cl)[nH]c2ccccc12. The highest BCUT2D eigenvalue weighted by Crippen LogP contribution is 2.26. The number of fused-ring (bicyclic) bond motifs is 1. The number of carbonyl (C=O) groups is 1. The van der Waals surface area contributed by atoms with Crippen molar-refractivity contribution < 1.29 is 4.79 Å². The van der Waals surface area contributed by atoms with Gasteiger partial charge in [-0.3, -0.25) is 4.79 Å². The van der Waals surface area contributed by atoms with Crippen molar-refractivity contribution >= 4 is 39.9 Å². The number of hydrogen-bond acceptors (Lipinski definition) is 1.